The highest BCUT2D eigenvalue weighted by Gasteiger charge is 2.19. The van der Waals surface area contributed by atoms with Gasteiger partial charge in [-0.25, -0.2) is 12.8 Å². The Labute approximate surface area is 125 Å². The van der Waals surface area contributed by atoms with Crippen LogP contribution in [0, 0.1) is 12.7 Å². The molecular formula is C13H12BrFN2O2S. The molecule has 0 saturated carbocycles. The first kappa shape index (κ1) is 14.8. The van der Waals surface area contributed by atoms with Crippen LogP contribution in [0.1, 0.15) is 5.56 Å². The normalized spacial score (nSPS) is 11.3. The third-order valence-corrected chi connectivity index (χ3v) is 5.02. The van der Waals surface area contributed by atoms with Gasteiger partial charge in [-0.2, -0.15) is 0 Å². The van der Waals surface area contributed by atoms with Crippen molar-refractivity contribution < 1.29 is 12.8 Å². The van der Waals surface area contributed by atoms with E-state index in [1.807, 2.05) is 6.92 Å². The van der Waals surface area contributed by atoms with Gasteiger partial charge in [0.05, 0.1) is 5.69 Å². The van der Waals surface area contributed by atoms with Crippen molar-refractivity contribution in [3.63, 3.8) is 0 Å². The summed E-state index contributed by atoms with van der Waals surface area (Å²) in [6.07, 6.45) is 0. The quantitative estimate of drug-likeness (QED) is 0.827. The van der Waals surface area contributed by atoms with E-state index in [2.05, 4.69) is 20.7 Å². The molecule has 4 nitrogen and oxygen atoms in total. The zero-order valence-corrected chi connectivity index (χ0v) is 12.9. The van der Waals surface area contributed by atoms with Gasteiger partial charge < -0.3 is 5.73 Å². The van der Waals surface area contributed by atoms with Crippen LogP contribution in [0.4, 0.5) is 15.8 Å². The molecule has 0 unspecified atom stereocenters. The van der Waals surface area contributed by atoms with Crippen LogP contribution in [0.15, 0.2) is 45.8 Å². The lowest BCUT2D eigenvalue weighted by molar-refractivity contribution is 0.597. The number of anilines is 2. The molecule has 0 saturated heterocycles. The Morgan fingerprint density at radius 1 is 1.25 bits per heavy atom. The first-order valence-electron chi connectivity index (χ1n) is 5.64. The van der Waals surface area contributed by atoms with Crippen LogP contribution >= 0.6 is 15.9 Å². The van der Waals surface area contributed by atoms with E-state index in [0.29, 0.717) is 5.69 Å². The molecule has 3 N–H and O–H groups in total. The van der Waals surface area contributed by atoms with Gasteiger partial charge in [0.15, 0.2) is 0 Å². The zero-order valence-electron chi connectivity index (χ0n) is 10.5. The number of hydrogen-bond donors (Lipinski definition) is 2. The minimum atomic E-state index is -3.93. The number of benzene rings is 2. The summed E-state index contributed by atoms with van der Waals surface area (Å²) in [6, 6.07) is 8.67. The average Bonchev–Trinajstić information content (AvgIpc) is 2.36. The fourth-order valence-corrected chi connectivity index (χ4v) is 3.19. The van der Waals surface area contributed by atoms with E-state index in [9.17, 15) is 12.8 Å². The van der Waals surface area contributed by atoms with E-state index in [0.717, 1.165) is 16.1 Å². The molecule has 0 spiro atoms. The number of para-hydroxylation sites is 1. The van der Waals surface area contributed by atoms with Crippen molar-refractivity contribution in [3.8, 4) is 0 Å². The van der Waals surface area contributed by atoms with Gasteiger partial charge in [0.25, 0.3) is 10.0 Å². The van der Waals surface area contributed by atoms with Gasteiger partial charge in [0.1, 0.15) is 10.7 Å². The molecular weight excluding hydrogens is 347 g/mol. The minimum Gasteiger partial charge on any atom is -0.395 e. The van der Waals surface area contributed by atoms with Crippen LogP contribution in [0.3, 0.4) is 0 Å². The summed E-state index contributed by atoms with van der Waals surface area (Å²) in [6.45, 7) is 1.88. The molecule has 7 heteroatoms. The van der Waals surface area contributed by atoms with E-state index in [4.69, 9.17) is 5.73 Å². The Kier molecular flexibility index (Phi) is 4.01. The number of nitrogens with one attached hydrogen (secondary N) is 1. The topological polar surface area (TPSA) is 72.2 Å². The molecule has 0 aliphatic rings. The van der Waals surface area contributed by atoms with E-state index in [1.54, 1.807) is 18.2 Å². The van der Waals surface area contributed by atoms with Crippen LogP contribution in [0.25, 0.3) is 0 Å². The summed E-state index contributed by atoms with van der Waals surface area (Å²) >= 11 is 3.32. The molecule has 0 bridgehead atoms. The van der Waals surface area contributed by atoms with Gasteiger partial charge in [0.2, 0.25) is 0 Å². The lowest BCUT2D eigenvalue weighted by atomic mass is 10.2. The van der Waals surface area contributed by atoms with Gasteiger partial charge in [-0.3, -0.25) is 4.72 Å². The van der Waals surface area contributed by atoms with Crippen LogP contribution in [0.5, 0.6) is 0 Å². The third-order valence-electron chi connectivity index (χ3n) is 2.73. The maximum Gasteiger partial charge on any atom is 0.264 e. The second-order valence-corrected chi connectivity index (χ2v) is 6.73. The molecule has 2 aromatic rings. The molecule has 2 aromatic carbocycles. The zero-order chi connectivity index (χ0) is 14.9. The first-order valence-corrected chi connectivity index (χ1v) is 7.92. The third kappa shape index (κ3) is 2.94. The molecule has 0 fully saturated rings. The molecule has 0 heterocycles. The van der Waals surface area contributed by atoms with E-state index >= 15 is 0 Å². The predicted octanol–water partition coefficient (Wildman–Crippen LogP) is 3.28. The molecule has 106 valence electrons. The predicted molar refractivity (Wildman–Crippen MR) is 80.5 cm³/mol. The second kappa shape index (κ2) is 5.41. The highest BCUT2D eigenvalue weighted by Crippen LogP contribution is 2.26. The van der Waals surface area contributed by atoms with Crippen molar-refractivity contribution in [1.29, 1.82) is 0 Å². The Hall–Kier alpha value is -1.60. The number of nitrogen functional groups attached to an aromatic ring is 1. The number of aryl methyl sites for hydroxylation is 1. The number of sulfonamides is 1. The highest BCUT2D eigenvalue weighted by atomic mass is 79.9. The molecule has 2 rings (SSSR count). The fourth-order valence-electron chi connectivity index (χ4n) is 1.62. The Morgan fingerprint density at radius 2 is 1.95 bits per heavy atom. The van der Waals surface area contributed by atoms with Gasteiger partial charge >= 0.3 is 0 Å². The fraction of sp³-hybridized carbons (Fsp3) is 0.0769. The smallest absolute Gasteiger partial charge is 0.264 e. The Bertz CT molecular complexity index is 763. The number of hydrogen-bond acceptors (Lipinski definition) is 3. The monoisotopic (exact) mass is 358 g/mol. The summed E-state index contributed by atoms with van der Waals surface area (Å²) in [5.74, 6) is -0.766. The standard InChI is InChI=1S/C13H12BrFN2O2S/c1-8-5-6-9(7-10(8)14)17-20(18,19)12-4-2-3-11(15)13(12)16/h2-7,17H,16H2,1H3. The maximum atomic E-state index is 13.3. The van der Waals surface area contributed by atoms with Gasteiger partial charge in [0, 0.05) is 10.2 Å². The van der Waals surface area contributed by atoms with Crippen molar-refractivity contribution in [3.05, 3.63) is 52.3 Å². The summed E-state index contributed by atoms with van der Waals surface area (Å²) in [5.41, 5.74) is 6.41. The lowest BCUT2D eigenvalue weighted by Crippen LogP contribution is -2.15. The Balaban J connectivity index is 2.41. The maximum absolute atomic E-state index is 13.3. The summed E-state index contributed by atoms with van der Waals surface area (Å²) in [4.78, 5) is -0.283. The lowest BCUT2D eigenvalue weighted by Gasteiger charge is -2.11. The summed E-state index contributed by atoms with van der Waals surface area (Å²) in [7, 11) is -3.93. The van der Waals surface area contributed by atoms with Gasteiger partial charge in [-0.15, -0.1) is 0 Å². The van der Waals surface area contributed by atoms with Gasteiger partial charge in [-0.1, -0.05) is 28.1 Å². The van der Waals surface area contributed by atoms with E-state index < -0.39 is 21.5 Å². The second-order valence-electron chi connectivity index (χ2n) is 4.22. The van der Waals surface area contributed by atoms with Crippen molar-refractivity contribution >= 4 is 37.3 Å². The van der Waals surface area contributed by atoms with E-state index in [1.165, 1.54) is 12.1 Å². The van der Waals surface area contributed by atoms with Crippen molar-refractivity contribution in [2.24, 2.45) is 0 Å². The molecule has 0 radical (unpaired) electrons. The van der Waals surface area contributed by atoms with Crippen LogP contribution in [-0.4, -0.2) is 8.42 Å². The molecule has 0 aromatic heterocycles. The van der Waals surface area contributed by atoms with Crippen LogP contribution in [-0.2, 0) is 10.0 Å². The highest BCUT2D eigenvalue weighted by molar-refractivity contribution is 9.10. The molecule has 0 aliphatic carbocycles. The SMILES string of the molecule is Cc1ccc(NS(=O)(=O)c2cccc(F)c2N)cc1Br. The van der Waals surface area contributed by atoms with Crippen molar-refractivity contribution in [2.75, 3.05) is 10.5 Å². The average molecular weight is 359 g/mol. The van der Waals surface area contributed by atoms with Crippen molar-refractivity contribution in [2.45, 2.75) is 11.8 Å². The summed E-state index contributed by atoms with van der Waals surface area (Å²) in [5, 5.41) is 0. The molecule has 20 heavy (non-hydrogen) atoms. The van der Waals surface area contributed by atoms with Crippen LogP contribution in [0.2, 0.25) is 0 Å². The number of rotatable bonds is 3. The molecule has 0 atom stereocenters. The first-order chi connectivity index (χ1) is 9.31. The Morgan fingerprint density at radius 3 is 2.60 bits per heavy atom. The number of nitrogens with two attached hydrogens (primary N) is 1. The minimum absolute atomic E-state index is 0.283. The van der Waals surface area contributed by atoms with Gasteiger partial charge in [-0.05, 0) is 36.8 Å². The molecule has 0 amide bonds. The van der Waals surface area contributed by atoms with Crippen LogP contribution < -0.4 is 10.5 Å². The largest absolute Gasteiger partial charge is 0.395 e. The molecule has 0 aliphatic heterocycles. The summed E-state index contributed by atoms with van der Waals surface area (Å²) < 4.78 is 40.9. The van der Waals surface area contributed by atoms with E-state index in [-0.39, 0.29) is 4.90 Å². The van der Waals surface area contributed by atoms with Crippen molar-refractivity contribution in [1.82, 2.24) is 0 Å². The number of halogens is 2.